The first-order valence-corrected chi connectivity index (χ1v) is 11.8. The highest BCUT2D eigenvalue weighted by atomic mass is 35.5. The van der Waals surface area contributed by atoms with Crippen molar-refractivity contribution in [3.05, 3.63) is 64.1 Å². The minimum absolute atomic E-state index is 0.0526. The van der Waals surface area contributed by atoms with Crippen LogP contribution >= 0.6 is 23.2 Å². The summed E-state index contributed by atoms with van der Waals surface area (Å²) >= 11 is 11.9. The molecule has 0 bridgehead atoms. The zero-order valence-corrected chi connectivity index (χ0v) is 20.5. The van der Waals surface area contributed by atoms with Crippen LogP contribution in [0.1, 0.15) is 52.0 Å². The third-order valence-electron chi connectivity index (χ3n) is 5.27. The maximum Gasteiger partial charge on any atom is 0.243 e. The van der Waals surface area contributed by atoms with Gasteiger partial charge in [-0.1, -0.05) is 49.2 Å². The Morgan fingerprint density at radius 1 is 0.969 bits per heavy atom. The molecule has 0 fully saturated rings. The van der Waals surface area contributed by atoms with Crippen molar-refractivity contribution in [2.24, 2.45) is 0 Å². The number of benzene rings is 2. The third kappa shape index (κ3) is 8.36. The summed E-state index contributed by atoms with van der Waals surface area (Å²) in [5.41, 5.74) is 0.926. The predicted octanol–water partition coefficient (Wildman–Crippen LogP) is 5.87. The normalized spacial score (nSPS) is 12.7. The van der Waals surface area contributed by atoms with Crippen molar-refractivity contribution in [2.75, 3.05) is 6.61 Å². The van der Waals surface area contributed by atoms with Crippen LogP contribution in [0, 0.1) is 0 Å². The molecule has 0 aliphatic heterocycles. The zero-order valence-electron chi connectivity index (χ0n) is 18.9. The van der Waals surface area contributed by atoms with Gasteiger partial charge in [-0.05, 0) is 68.1 Å². The van der Waals surface area contributed by atoms with Crippen LogP contribution in [0.3, 0.4) is 0 Å². The van der Waals surface area contributed by atoms with Crippen molar-refractivity contribution in [3.63, 3.8) is 0 Å². The highest BCUT2D eigenvalue weighted by Crippen LogP contribution is 2.18. The van der Waals surface area contributed by atoms with Crippen LogP contribution in [-0.4, -0.2) is 35.4 Å². The molecule has 0 heterocycles. The topological polar surface area (TPSA) is 58.6 Å². The van der Waals surface area contributed by atoms with E-state index in [1.54, 1.807) is 41.3 Å². The van der Waals surface area contributed by atoms with Crippen LogP contribution in [0.5, 0.6) is 5.75 Å². The molecule has 7 heteroatoms. The zero-order chi connectivity index (χ0) is 23.5. The lowest BCUT2D eigenvalue weighted by atomic mass is 10.1. The number of nitrogens with zero attached hydrogens (tertiary/aromatic N) is 1. The fourth-order valence-corrected chi connectivity index (χ4v) is 3.49. The highest BCUT2D eigenvalue weighted by Gasteiger charge is 2.28. The van der Waals surface area contributed by atoms with E-state index in [9.17, 15) is 9.59 Å². The molecule has 0 unspecified atom stereocenters. The second-order valence-corrected chi connectivity index (χ2v) is 8.67. The van der Waals surface area contributed by atoms with Crippen molar-refractivity contribution >= 4 is 35.0 Å². The SMILES string of the molecule is CC[C@H](C(=O)N[C@@H](C)CC)N(Cc1ccc(Cl)cc1)C(=O)CCCOc1ccc(Cl)cc1. The molecule has 2 atom stereocenters. The van der Waals surface area contributed by atoms with Gasteiger partial charge in [-0.25, -0.2) is 0 Å². The van der Waals surface area contributed by atoms with Crippen LogP contribution in [0.15, 0.2) is 48.5 Å². The Bertz CT molecular complexity index is 856. The van der Waals surface area contributed by atoms with E-state index in [0.717, 1.165) is 12.0 Å². The highest BCUT2D eigenvalue weighted by molar-refractivity contribution is 6.30. The van der Waals surface area contributed by atoms with Gasteiger partial charge in [0.05, 0.1) is 6.61 Å². The number of rotatable bonds is 12. The van der Waals surface area contributed by atoms with Gasteiger partial charge in [-0.15, -0.1) is 0 Å². The summed E-state index contributed by atoms with van der Waals surface area (Å²) in [6.07, 6.45) is 2.19. The molecule has 2 rings (SSSR count). The van der Waals surface area contributed by atoms with Crippen LogP contribution in [0.2, 0.25) is 10.0 Å². The molecule has 0 saturated heterocycles. The van der Waals surface area contributed by atoms with Crippen LogP contribution in [0.4, 0.5) is 0 Å². The van der Waals surface area contributed by atoms with Crippen molar-refractivity contribution in [1.29, 1.82) is 0 Å². The largest absolute Gasteiger partial charge is 0.494 e. The first kappa shape index (κ1) is 26.0. The van der Waals surface area contributed by atoms with Gasteiger partial charge in [-0.2, -0.15) is 0 Å². The first-order valence-electron chi connectivity index (χ1n) is 11.1. The van der Waals surface area contributed by atoms with Crippen LogP contribution in [0.25, 0.3) is 0 Å². The average Bonchev–Trinajstić information content (AvgIpc) is 2.78. The molecule has 174 valence electrons. The standard InChI is InChI=1S/C25H32Cl2N2O3/c1-4-18(3)28-25(31)23(5-2)29(17-19-8-10-20(26)11-9-19)24(30)7-6-16-32-22-14-12-21(27)13-15-22/h8-15,18,23H,4-7,16-17H2,1-3H3,(H,28,31)/t18-,23+/m0/s1. The molecule has 0 spiro atoms. The lowest BCUT2D eigenvalue weighted by molar-refractivity contribution is -0.141. The quantitative estimate of drug-likeness (QED) is 0.387. The van der Waals surface area contributed by atoms with E-state index in [1.807, 2.05) is 32.9 Å². The number of hydrogen-bond acceptors (Lipinski definition) is 3. The lowest BCUT2D eigenvalue weighted by Gasteiger charge is -2.31. The fraction of sp³-hybridized carbons (Fsp3) is 0.440. The molecule has 2 amide bonds. The van der Waals surface area contributed by atoms with Crippen molar-refractivity contribution in [1.82, 2.24) is 10.2 Å². The first-order chi connectivity index (χ1) is 15.3. The summed E-state index contributed by atoms with van der Waals surface area (Å²) in [5.74, 6) is 0.506. The molecule has 32 heavy (non-hydrogen) atoms. The van der Waals surface area contributed by atoms with Crippen LogP contribution < -0.4 is 10.1 Å². The van der Waals surface area contributed by atoms with E-state index in [0.29, 0.717) is 41.8 Å². The molecule has 0 saturated carbocycles. The molecular formula is C25H32Cl2N2O3. The molecule has 5 nitrogen and oxygen atoms in total. The van der Waals surface area contributed by atoms with E-state index < -0.39 is 6.04 Å². The van der Waals surface area contributed by atoms with Crippen molar-refractivity contribution < 1.29 is 14.3 Å². The monoisotopic (exact) mass is 478 g/mol. The summed E-state index contributed by atoms with van der Waals surface area (Å²) in [7, 11) is 0. The van der Waals surface area contributed by atoms with Crippen molar-refractivity contribution in [2.45, 2.75) is 65.1 Å². The molecule has 0 radical (unpaired) electrons. The van der Waals surface area contributed by atoms with E-state index in [2.05, 4.69) is 5.32 Å². The predicted molar refractivity (Wildman–Crippen MR) is 130 cm³/mol. The van der Waals surface area contributed by atoms with Gasteiger partial charge in [0.25, 0.3) is 0 Å². The molecular weight excluding hydrogens is 447 g/mol. The Hall–Kier alpha value is -2.24. The van der Waals surface area contributed by atoms with Gasteiger partial charge in [0, 0.05) is 29.1 Å². The summed E-state index contributed by atoms with van der Waals surface area (Å²) < 4.78 is 5.70. The van der Waals surface area contributed by atoms with Gasteiger partial charge in [0.15, 0.2) is 0 Å². The number of carbonyl (C=O) groups excluding carboxylic acids is 2. The van der Waals surface area contributed by atoms with Gasteiger partial charge < -0.3 is 15.0 Å². The molecule has 0 aliphatic rings. The van der Waals surface area contributed by atoms with Gasteiger partial charge in [0.1, 0.15) is 11.8 Å². The Morgan fingerprint density at radius 2 is 1.56 bits per heavy atom. The molecule has 2 aromatic rings. The summed E-state index contributed by atoms with van der Waals surface area (Å²) in [6, 6.07) is 14.0. The lowest BCUT2D eigenvalue weighted by Crippen LogP contribution is -2.50. The minimum atomic E-state index is -0.538. The third-order valence-corrected chi connectivity index (χ3v) is 5.77. The Labute approximate surface area is 201 Å². The minimum Gasteiger partial charge on any atom is -0.494 e. The Morgan fingerprint density at radius 3 is 2.12 bits per heavy atom. The number of halogens is 2. The van der Waals surface area contributed by atoms with E-state index in [-0.39, 0.29) is 24.3 Å². The number of hydrogen-bond donors (Lipinski definition) is 1. The second kappa shape index (κ2) is 13.3. The number of nitrogens with one attached hydrogen (secondary N) is 1. The van der Waals surface area contributed by atoms with E-state index >= 15 is 0 Å². The van der Waals surface area contributed by atoms with Gasteiger partial charge in [0.2, 0.25) is 11.8 Å². The summed E-state index contributed by atoms with van der Waals surface area (Å²) in [5, 5.41) is 4.29. The Balaban J connectivity index is 2.05. The van der Waals surface area contributed by atoms with Crippen molar-refractivity contribution in [3.8, 4) is 5.75 Å². The number of ether oxygens (including phenoxy) is 1. The number of amides is 2. The smallest absolute Gasteiger partial charge is 0.243 e. The second-order valence-electron chi connectivity index (χ2n) is 7.80. The maximum atomic E-state index is 13.2. The van der Waals surface area contributed by atoms with Crippen LogP contribution in [-0.2, 0) is 16.1 Å². The van der Waals surface area contributed by atoms with Gasteiger partial charge in [-0.3, -0.25) is 9.59 Å². The average molecular weight is 479 g/mol. The van der Waals surface area contributed by atoms with E-state index in [4.69, 9.17) is 27.9 Å². The molecule has 1 N–H and O–H groups in total. The van der Waals surface area contributed by atoms with E-state index in [1.165, 1.54) is 0 Å². The number of carbonyl (C=O) groups is 2. The fourth-order valence-electron chi connectivity index (χ4n) is 3.23. The molecule has 0 aliphatic carbocycles. The molecule has 2 aromatic carbocycles. The molecule has 0 aromatic heterocycles. The Kier molecular flexibility index (Phi) is 10.8. The summed E-state index contributed by atoms with van der Waals surface area (Å²) in [4.78, 5) is 27.8. The maximum absolute atomic E-state index is 13.2. The van der Waals surface area contributed by atoms with Gasteiger partial charge >= 0.3 is 0 Å². The summed E-state index contributed by atoms with van der Waals surface area (Å²) in [6.45, 7) is 6.65.